The highest BCUT2D eigenvalue weighted by molar-refractivity contribution is 5.78. The fourth-order valence-electron chi connectivity index (χ4n) is 1.32. The summed E-state index contributed by atoms with van der Waals surface area (Å²) in [5.41, 5.74) is 5.52. The number of hydrogen-bond acceptors (Lipinski definition) is 3. The lowest BCUT2D eigenvalue weighted by atomic mass is 10.0. The second kappa shape index (κ2) is 8.68. The monoisotopic (exact) mass is 216 g/mol. The fraction of sp³-hybridized carbons (Fsp3) is 0.909. The second-order valence-corrected chi connectivity index (χ2v) is 3.93. The zero-order valence-electron chi connectivity index (χ0n) is 10.1. The molecule has 0 rings (SSSR count). The lowest BCUT2D eigenvalue weighted by Gasteiger charge is -2.14. The summed E-state index contributed by atoms with van der Waals surface area (Å²) in [5, 5.41) is 2.83. The molecule has 0 spiro atoms. The maximum absolute atomic E-state index is 11.6. The highest BCUT2D eigenvalue weighted by atomic mass is 16.5. The first kappa shape index (κ1) is 14.4. The molecule has 0 fully saturated rings. The molecule has 0 aromatic carbocycles. The Kier molecular flexibility index (Phi) is 8.33. The van der Waals surface area contributed by atoms with Gasteiger partial charge in [0, 0.05) is 13.1 Å². The molecule has 0 bridgehead atoms. The van der Waals surface area contributed by atoms with E-state index >= 15 is 0 Å². The molecule has 0 aliphatic carbocycles. The summed E-state index contributed by atoms with van der Waals surface area (Å²) in [4.78, 5) is 11.6. The van der Waals surface area contributed by atoms with E-state index in [2.05, 4.69) is 12.2 Å². The van der Waals surface area contributed by atoms with Crippen LogP contribution in [0.3, 0.4) is 0 Å². The van der Waals surface area contributed by atoms with Gasteiger partial charge >= 0.3 is 0 Å². The van der Waals surface area contributed by atoms with Gasteiger partial charge < -0.3 is 15.8 Å². The molecule has 4 nitrogen and oxygen atoms in total. The summed E-state index contributed by atoms with van der Waals surface area (Å²) in [6.45, 7) is 7.55. The molecule has 1 unspecified atom stereocenters. The summed E-state index contributed by atoms with van der Waals surface area (Å²) >= 11 is 0. The van der Waals surface area contributed by atoms with Crippen LogP contribution >= 0.6 is 0 Å². The molecule has 0 saturated heterocycles. The van der Waals surface area contributed by atoms with Gasteiger partial charge in [-0.1, -0.05) is 13.3 Å². The highest BCUT2D eigenvalue weighted by Crippen LogP contribution is 2.03. The maximum Gasteiger partial charge on any atom is 0.224 e. The smallest absolute Gasteiger partial charge is 0.224 e. The van der Waals surface area contributed by atoms with E-state index in [0.29, 0.717) is 19.7 Å². The summed E-state index contributed by atoms with van der Waals surface area (Å²) in [7, 11) is 0. The topological polar surface area (TPSA) is 64.4 Å². The van der Waals surface area contributed by atoms with Crippen LogP contribution in [0.2, 0.25) is 0 Å². The van der Waals surface area contributed by atoms with E-state index in [1.165, 1.54) is 0 Å². The van der Waals surface area contributed by atoms with Gasteiger partial charge in [0.1, 0.15) is 0 Å². The van der Waals surface area contributed by atoms with Gasteiger partial charge in [0.2, 0.25) is 5.91 Å². The normalized spacial score (nSPS) is 12.9. The van der Waals surface area contributed by atoms with Gasteiger partial charge in [0.05, 0.1) is 18.6 Å². The second-order valence-electron chi connectivity index (χ2n) is 3.93. The molecule has 0 heterocycles. The van der Waals surface area contributed by atoms with Crippen molar-refractivity contribution in [2.75, 3.05) is 19.7 Å². The van der Waals surface area contributed by atoms with Crippen molar-refractivity contribution in [2.45, 2.75) is 39.7 Å². The van der Waals surface area contributed by atoms with Gasteiger partial charge in [-0.15, -0.1) is 0 Å². The van der Waals surface area contributed by atoms with Crippen LogP contribution in [-0.4, -0.2) is 31.7 Å². The highest BCUT2D eigenvalue weighted by Gasteiger charge is 2.14. The number of carbonyl (C=O) groups excluding carboxylic acids is 1. The Morgan fingerprint density at radius 3 is 2.60 bits per heavy atom. The van der Waals surface area contributed by atoms with Crippen LogP contribution < -0.4 is 11.1 Å². The third kappa shape index (κ3) is 7.33. The molecule has 4 heteroatoms. The Morgan fingerprint density at radius 1 is 1.47 bits per heavy atom. The van der Waals surface area contributed by atoms with E-state index in [1.807, 2.05) is 13.8 Å². The molecular formula is C11H24N2O2. The van der Waals surface area contributed by atoms with Crippen molar-refractivity contribution in [1.29, 1.82) is 0 Å². The van der Waals surface area contributed by atoms with Crippen LogP contribution in [0.25, 0.3) is 0 Å². The zero-order valence-corrected chi connectivity index (χ0v) is 10.1. The molecule has 15 heavy (non-hydrogen) atoms. The molecule has 0 saturated carbocycles. The van der Waals surface area contributed by atoms with E-state index in [4.69, 9.17) is 10.5 Å². The lowest BCUT2D eigenvalue weighted by molar-refractivity contribution is -0.125. The first-order valence-electron chi connectivity index (χ1n) is 5.71. The van der Waals surface area contributed by atoms with E-state index in [9.17, 15) is 4.79 Å². The number of nitrogens with one attached hydrogen (secondary N) is 1. The van der Waals surface area contributed by atoms with Crippen molar-refractivity contribution >= 4 is 5.91 Å². The van der Waals surface area contributed by atoms with Gasteiger partial charge in [0.15, 0.2) is 0 Å². The molecule has 0 radical (unpaired) electrons. The van der Waals surface area contributed by atoms with E-state index < -0.39 is 0 Å². The largest absolute Gasteiger partial charge is 0.377 e. The molecule has 1 amide bonds. The SMILES string of the molecule is CCCC(CN)C(=O)NCCOC(C)C. The standard InChI is InChI=1S/C11H24N2O2/c1-4-5-10(8-12)11(14)13-6-7-15-9(2)3/h9-10H,4-8,12H2,1-3H3,(H,13,14). The minimum atomic E-state index is -0.0472. The molecule has 90 valence electrons. The predicted molar refractivity (Wildman–Crippen MR) is 61.6 cm³/mol. The van der Waals surface area contributed by atoms with Crippen LogP contribution in [0.5, 0.6) is 0 Å². The quantitative estimate of drug-likeness (QED) is 0.593. The summed E-state index contributed by atoms with van der Waals surface area (Å²) < 4.78 is 5.32. The Morgan fingerprint density at radius 2 is 2.13 bits per heavy atom. The number of amides is 1. The Labute approximate surface area is 92.6 Å². The van der Waals surface area contributed by atoms with Gasteiger partial charge in [-0.2, -0.15) is 0 Å². The number of hydrogen-bond donors (Lipinski definition) is 2. The molecule has 3 N–H and O–H groups in total. The van der Waals surface area contributed by atoms with Crippen LogP contribution in [0.4, 0.5) is 0 Å². The van der Waals surface area contributed by atoms with Crippen molar-refractivity contribution in [3.63, 3.8) is 0 Å². The molecular weight excluding hydrogens is 192 g/mol. The molecule has 0 aliphatic heterocycles. The maximum atomic E-state index is 11.6. The molecule has 1 atom stereocenters. The molecule has 0 aromatic rings. The van der Waals surface area contributed by atoms with Crippen molar-refractivity contribution < 1.29 is 9.53 Å². The van der Waals surface area contributed by atoms with Crippen molar-refractivity contribution in [2.24, 2.45) is 11.7 Å². The number of nitrogens with two attached hydrogens (primary N) is 1. The van der Waals surface area contributed by atoms with Crippen molar-refractivity contribution in [3.8, 4) is 0 Å². The van der Waals surface area contributed by atoms with Gasteiger partial charge in [0.25, 0.3) is 0 Å². The Hall–Kier alpha value is -0.610. The number of carbonyl (C=O) groups is 1. The van der Waals surface area contributed by atoms with Crippen LogP contribution in [0.15, 0.2) is 0 Å². The lowest BCUT2D eigenvalue weighted by Crippen LogP contribution is -2.36. The van der Waals surface area contributed by atoms with E-state index in [1.54, 1.807) is 0 Å². The van der Waals surface area contributed by atoms with Crippen LogP contribution in [0.1, 0.15) is 33.6 Å². The van der Waals surface area contributed by atoms with Crippen LogP contribution in [-0.2, 0) is 9.53 Å². The predicted octanol–water partition coefficient (Wildman–Crippen LogP) is 0.903. The first-order chi connectivity index (χ1) is 7.11. The number of rotatable bonds is 8. The summed E-state index contributed by atoms with van der Waals surface area (Å²) in [5.74, 6) is 0.000700. The van der Waals surface area contributed by atoms with E-state index in [0.717, 1.165) is 12.8 Å². The van der Waals surface area contributed by atoms with Gasteiger partial charge in [-0.25, -0.2) is 0 Å². The van der Waals surface area contributed by atoms with Crippen molar-refractivity contribution in [3.05, 3.63) is 0 Å². The molecule has 0 aromatic heterocycles. The van der Waals surface area contributed by atoms with Crippen molar-refractivity contribution in [1.82, 2.24) is 5.32 Å². The van der Waals surface area contributed by atoms with Crippen LogP contribution in [0, 0.1) is 5.92 Å². The number of ether oxygens (including phenoxy) is 1. The third-order valence-corrected chi connectivity index (χ3v) is 2.14. The average molecular weight is 216 g/mol. The van der Waals surface area contributed by atoms with Gasteiger partial charge in [-0.05, 0) is 20.3 Å². The zero-order chi connectivity index (χ0) is 11.7. The third-order valence-electron chi connectivity index (χ3n) is 2.14. The molecule has 0 aliphatic rings. The fourth-order valence-corrected chi connectivity index (χ4v) is 1.32. The summed E-state index contributed by atoms with van der Waals surface area (Å²) in [6.07, 6.45) is 2.05. The minimum absolute atomic E-state index is 0.0472. The Balaban J connectivity index is 3.62. The Bertz CT molecular complexity index is 172. The average Bonchev–Trinajstić information content (AvgIpc) is 2.20. The minimum Gasteiger partial charge on any atom is -0.377 e. The first-order valence-corrected chi connectivity index (χ1v) is 5.71. The summed E-state index contributed by atoms with van der Waals surface area (Å²) in [6, 6.07) is 0. The van der Waals surface area contributed by atoms with E-state index in [-0.39, 0.29) is 17.9 Å². The van der Waals surface area contributed by atoms with Gasteiger partial charge in [-0.3, -0.25) is 4.79 Å².